The number of ether oxygens (including phenoxy) is 1. The number of alkyl halides is 1. The van der Waals surface area contributed by atoms with Gasteiger partial charge in [0.15, 0.2) is 0 Å². The van der Waals surface area contributed by atoms with Gasteiger partial charge in [-0.25, -0.2) is 0 Å². The lowest BCUT2D eigenvalue weighted by atomic mass is 10.1. The van der Waals surface area contributed by atoms with Crippen molar-refractivity contribution in [3.05, 3.63) is 64.7 Å². The Kier molecular flexibility index (Phi) is 5.72. The molecule has 2 aromatic carbocycles. The normalized spacial score (nSPS) is 9.86. The van der Waals surface area contributed by atoms with Crippen LogP contribution in [0.3, 0.4) is 0 Å². The van der Waals surface area contributed by atoms with Gasteiger partial charge in [-0.2, -0.15) is 0 Å². The van der Waals surface area contributed by atoms with Gasteiger partial charge in [0, 0.05) is 5.56 Å². The molecule has 0 fully saturated rings. The molecule has 0 radical (unpaired) electrons. The molecule has 0 aliphatic rings. The van der Waals surface area contributed by atoms with Crippen LogP contribution in [0.25, 0.3) is 0 Å². The smallest absolute Gasteiger partial charge is 0.120 e. The average Bonchev–Trinajstić information content (AvgIpc) is 2.52. The van der Waals surface area contributed by atoms with E-state index in [1.165, 1.54) is 11.1 Å². The summed E-state index contributed by atoms with van der Waals surface area (Å²) in [6.07, 6.45) is 1.06. The second kappa shape index (κ2) is 7.76. The van der Waals surface area contributed by atoms with Gasteiger partial charge >= 0.3 is 0 Å². The van der Waals surface area contributed by atoms with Crippen LogP contribution in [0, 0.1) is 18.8 Å². The summed E-state index contributed by atoms with van der Waals surface area (Å²) >= 11 is 5.58. The third-order valence-corrected chi connectivity index (χ3v) is 3.46. The van der Waals surface area contributed by atoms with Crippen LogP contribution in [0.2, 0.25) is 0 Å². The second-order valence-electron chi connectivity index (χ2n) is 4.87. The number of rotatable bonds is 4. The Morgan fingerprint density at radius 1 is 1.05 bits per heavy atom. The lowest BCUT2D eigenvalue weighted by Crippen LogP contribution is -1.96. The molecule has 0 heterocycles. The fraction of sp³-hybridized carbons (Fsp3) is 0.263. The van der Waals surface area contributed by atoms with Crippen LogP contribution < -0.4 is 4.74 Å². The number of hydrogen-bond donors (Lipinski definition) is 0. The quantitative estimate of drug-likeness (QED) is 0.586. The van der Waals surface area contributed by atoms with Gasteiger partial charge in [0.1, 0.15) is 12.4 Å². The van der Waals surface area contributed by atoms with E-state index < -0.39 is 0 Å². The van der Waals surface area contributed by atoms with E-state index >= 15 is 0 Å². The van der Waals surface area contributed by atoms with E-state index in [-0.39, 0.29) is 0 Å². The van der Waals surface area contributed by atoms with E-state index in [0.29, 0.717) is 12.5 Å². The first-order valence-corrected chi connectivity index (χ1v) is 7.62. The zero-order valence-electron chi connectivity index (χ0n) is 12.4. The fourth-order valence-electron chi connectivity index (χ4n) is 2.03. The molecular weight excluding hydrogens is 280 g/mol. The molecule has 0 spiro atoms. The van der Waals surface area contributed by atoms with Crippen molar-refractivity contribution in [2.24, 2.45) is 0 Å². The van der Waals surface area contributed by atoms with Gasteiger partial charge in [-0.1, -0.05) is 43.0 Å². The Morgan fingerprint density at radius 2 is 1.76 bits per heavy atom. The maximum Gasteiger partial charge on any atom is 0.120 e. The molecular formula is C19H19ClO. The lowest BCUT2D eigenvalue weighted by molar-refractivity contribution is 0.306. The van der Waals surface area contributed by atoms with Gasteiger partial charge in [0.05, 0.1) is 5.88 Å². The molecule has 0 bridgehead atoms. The summed E-state index contributed by atoms with van der Waals surface area (Å²) < 4.78 is 5.83. The molecule has 2 heteroatoms. The minimum Gasteiger partial charge on any atom is -0.489 e. The first-order chi connectivity index (χ1) is 10.2. The van der Waals surface area contributed by atoms with Crippen molar-refractivity contribution in [1.29, 1.82) is 0 Å². The van der Waals surface area contributed by atoms with Gasteiger partial charge in [0.25, 0.3) is 0 Å². The van der Waals surface area contributed by atoms with Gasteiger partial charge in [0.2, 0.25) is 0 Å². The number of halogens is 1. The van der Waals surface area contributed by atoms with Crippen molar-refractivity contribution in [3.63, 3.8) is 0 Å². The minimum absolute atomic E-state index is 0.353. The van der Waals surface area contributed by atoms with Crippen molar-refractivity contribution < 1.29 is 4.74 Å². The summed E-state index contributed by atoms with van der Waals surface area (Å²) in [6, 6.07) is 14.5. The summed E-state index contributed by atoms with van der Waals surface area (Å²) in [6.45, 7) is 4.76. The van der Waals surface area contributed by atoms with Crippen LogP contribution in [0.15, 0.2) is 42.5 Å². The zero-order valence-corrected chi connectivity index (χ0v) is 13.2. The minimum atomic E-state index is 0.353. The van der Waals surface area contributed by atoms with Crippen molar-refractivity contribution in [1.82, 2.24) is 0 Å². The van der Waals surface area contributed by atoms with Crippen LogP contribution >= 0.6 is 11.6 Å². The van der Waals surface area contributed by atoms with Gasteiger partial charge in [-0.3, -0.25) is 0 Å². The molecule has 0 amide bonds. The van der Waals surface area contributed by atoms with Gasteiger partial charge in [-0.05, 0) is 48.2 Å². The Bertz CT molecular complexity index is 648. The summed E-state index contributed by atoms with van der Waals surface area (Å²) in [5.41, 5.74) is 4.62. The van der Waals surface area contributed by atoms with Gasteiger partial charge in [-0.15, -0.1) is 11.6 Å². The van der Waals surface area contributed by atoms with E-state index in [0.717, 1.165) is 23.3 Å². The van der Waals surface area contributed by atoms with E-state index in [1.54, 1.807) is 0 Å². The van der Waals surface area contributed by atoms with Crippen LogP contribution in [0.5, 0.6) is 5.75 Å². The molecule has 2 rings (SSSR count). The highest BCUT2D eigenvalue weighted by Crippen LogP contribution is 2.18. The Morgan fingerprint density at radius 3 is 2.38 bits per heavy atom. The van der Waals surface area contributed by atoms with Crippen LogP contribution in [0.1, 0.15) is 29.2 Å². The molecule has 0 aliphatic carbocycles. The van der Waals surface area contributed by atoms with E-state index in [1.807, 2.05) is 25.1 Å². The predicted octanol–water partition coefficient (Wildman–Crippen LogP) is 4.73. The summed E-state index contributed by atoms with van der Waals surface area (Å²) in [7, 11) is 0. The average molecular weight is 299 g/mol. The summed E-state index contributed by atoms with van der Waals surface area (Å²) in [5.74, 6) is 7.12. The first-order valence-electron chi connectivity index (χ1n) is 7.09. The van der Waals surface area contributed by atoms with E-state index in [2.05, 4.69) is 43.0 Å². The molecule has 0 saturated heterocycles. The number of hydrogen-bond acceptors (Lipinski definition) is 1. The van der Waals surface area contributed by atoms with Crippen molar-refractivity contribution in [3.8, 4) is 17.6 Å². The predicted molar refractivity (Wildman–Crippen MR) is 88.9 cm³/mol. The molecule has 1 nitrogen and oxygen atoms in total. The molecule has 21 heavy (non-hydrogen) atoms. The summed E-state index contributed by atoms with van der Waals surface area (Å²) in [5, 5.41) is 0. The highest BCUT2D eigenvalue weighted by atomic mass is 35.5. The molecule has 0 saturated carbocycles. The fourth-order valence-corrected chi connectivity index (χ4v) is 2.10. The maximum absolute atomic E-state index is 5.83. The van der Waals surface area contributed by atoms with E-state index in [9.17, 15) is 0 Å². The highest BCUT2D eigenvalue weighted by Gasteiger charge is 2.00. The van der Waals surface area contributed by atoms with Crippen molar-refractivity contribution in [2.75, 3.05) is 5.88 Å². The standard InChI is InChI=1S/C19H19ClO/c1-3-16-6-8-17(9-7-16)14-21-19-11-10-18(5-4-12-20)15(2)13-19/h6-11,13H,3,12,14H2,1-2H3. The molecule has 0 atom stereocenters. The zero-order chi connectivity index (χ0) is 15.1. The third-order valence-electron chi connectivity index (χ3n) is 3.32. The molecule has 108 valence electrons. The molecule has 0 aliphatic heterocycles. The molecule has 2 aromatic rings. The van der Waals surface area contributed by atoms with Gasteiger partial charge < -0.3 is 4.74 Å². The Labute approximate surface area is 131 Å². The largest absolute Gasteiger partial charge is 0.489 e. The SMILES string of the molecule is CCc1ccc(COc2ccc(C#CCCl)c(C)c2)cc1. The van der Waals surface area contributed by atoms with Crippen LogP contribution in [0.4, 0.5) is 0 Å². The second-order valence-corrected chi connectivity index (χ2v) is 5.14. The van der Waals surface area contributed by atoms with Crippen LogP contribution in [-0.4, -0.2) is 5.88 Å². The first kappa shape index (κ1) is 15.5. The highest BCUT2D eigenvalue weighted by molar-refractivity contribution is 6.19. The molecule has 0 aromatic heterocycles. The summed E-state index contributed by atoms with van der Waals surface area (Å²) in [4.78, 5) is 0. The number of aryl methyl sites for hydroxylation is 2. The molecule has 0 unspecified atom stereocenters. The maximum atomic E-state index is 5.83. The van der Waals surface area contributed by atoms with Crippen molar-refractivity contribution >= 4 is 11.6 Å². The molecule has 0 N–H and O–H groups in total. The lowest BCUT2D eigenvalue weighted by Gasteiger charge is -2.08. The Hall–Kier alpha value is -1.91. The third kappa shape index (κ3) is 4.55. The van der Waals surface area contributed by atoms with Crippen molar-refractivity contribution in [2.45, 2.75) is 26.9 Å². The Balaban J connectivity index is 2.01. The van der Waals surface area contributed by atoms with E-state index in [4.69, 9.17) is 16.3 Å². The monoisotopic (exact) mass is 298 g/mol. The van der Waals surface area contributed by atoms with Crippen LogP contribution in [-0.2, 0) is 13.0 Å². The topological polar surface area (TPSA) is 9.23 Å². The number of benzene rings is 2.